The summed E-state index contributed by atoms with van der Waals surface area (Å²) in [5.74, 6) is 0. The van der Waals surface area contributed by atoms with Crippen LogP contribution in [0.4, 0.5) is 0 Å². The molecule has 0 unspecified atom stereocenters. The molecule has 0 aliphatic heterocycles. The Hall–Kier alpha value is -7.14. The molecule has 9 rings (SSSR count). The van der Waals surface area contributed by atoms with Crippen molar-refractivity contribution in [1.29, 1.82) is 10.5 Å². The maximum Gasteiger partial charge on any atom is 0.0998 e. The second kappa shape index (κ2) is 11.8. The van der Waals surface area contributed by atoms with Crippen molar-refractivity contribution in [2.75, 3.05) is 0 Å². The van der Waals surface area contributed by atoms with Crippen molar-refractivity contribution in [3.05, 3.63) is 175 Å². The van der Waals surface area contributed by atoms with E-state index in [4.69, 9.17) is 0 Å². The van der Waals surface area contributed by atoms with Gasteiger partial charge >= 0.3 is 0 Å². The summed E-state index contributed by atoms with van der Waals surface area (Å²) in [5.41, 5.74) is 13.8. The quantitative estimate of drug-likeness (QED) is 0.186. The first-order valence-electron chi connectivity index (χ1n) is 16.9. The highest BCUT2D eigenvalue weighted by Crippen LogP contribution is 2.43. The summed E-state index contributed by atoms with van der Waals surface area (Å²) < 4.78 is 4.62. The van der Waals surface area contributed by atoms with Crippen LogP contribution in [-0.2, 0) is 0 Å². The molecule has 0 atom stereocenters. The third-order valence-electron chi connectivity index (χ3n) is 10.0. The van der Waals surface area contributed by atoms with Crippen molar-refractivity contribution in [2.45, 2.75) is 6.92 Å². The Balaban J connectivity index is 1.32. The van der Waals surface area contributed by atoms with Gasteiger partial charge in [0.05, 0.1) is 51.0 Å². The van der Waals surface area contributed by atoms with Crippen molar-refractivity contribution < 1.29 is 0 Å². The number of allylic oxidation sites excluding steroid dienone is 1. The van der Waals surface area contributed by atoms with Crippen LogP contribution < -0.4 is 0 Å². The average Bonchev–Trinajstić information content (AvgIpc) is 3.69. The predicted octanol–water partition coefficient (Wildman–Crippen LogP) is 12.0. The van der Waals surface area contributed by atoms with Crippen LogP contribution in [0.25, 0.3) is 82.8 Å². The summed E-state index contributed by atoms with van der Waals surface area (Å²) in [5, 5.41) is 24.3. The Labute approximate surface area is 295 Å². The smallest absolute Gasteiger partial charge is 0.0998 e. The molecule has 0 bridgehead atoms. The predicted molar refractivity (Wildman–Crippen MR) is 210 cm³/mol. The molecule has 238 valence electrons. The molecule has 9 aromatic rings. The van der Waals surface area contributed by atoms with E-state index in [1.165, 1.54) is 10.8 Å². The molecule has 51 heavy (non-hydrogen) atoms. The standard InChI is InChI=1S/C47H30N4/c1-30(2)33-21-25-45-41(27-33)38-13-6-8-16-43(38)51(45)46-17-9-14-39(36-11-4-3-10-34(36)29-49)47(46)32-19-22-35(23-20-32)50-42-15-7-5-12-37(42)40-26-31(28-48)18-24-44(40)50/h3-27H,1H2,2H3. The molecule has 0 fully saturated rings. The highest BCUT2D eigenvalue weighted by molar-refractivity contribution is 6.12. The van der Waals surface area contributed by atoms with Crippen LogP contribution in [0.15, 0.2) is 158 Å². The Morgan fingerprint density at radius 3 is 1.86 bits per heavy atom. The number of fused-ring (bicyclic) bond motifs is 6. The van der Waals surface area contributed by atoms with Crippen molar-refractivity contribution in [1.82, 2.24) is 9.13 Å². The van der Waals surface area contributed by atoms with Gasteiger partial charge in [0.2, 0.25) is 0 Å². The summed E-state index contributed by atoms with van der Waals surface area (Å²) in [6.07, 6.45) is 0. The molecule has 0 saturated carbocycles. The van der Waals surface area contributed by atoms with E-state index < -0.39 is 0 Å². The zero-order chi connectivity index (χ0) is 34.6. The van der Waals surface area contributed by atoms with Gasteiger partial charge in [0, 0.05) is 38.4 Å². The fraction of sp³-hybridized carbons (Fsp3) is 0.0213. The van der Waals surface area contributed by atoms with Gasteiger partial charge in [-0.1, -0.05) is 97.1 Å². The van der Waals surface area contributed by atoms with E-state index in [1.54, 1.807) is 0 Å². The lowest BCUT2D eigenvalue weighted by atomic mass is 9.90. The van der Waals surface area contributed by atoms with Crippen molar-refractivity contribution in [3.8, 4) is 45.8 Å². The molecule has 0 spiro atoms. The minimum Gasteiger partial charge on any atom is -0.309 e. The van der Waals surface area contributed by atoms with Crippen LogP contribution in [0.3, 0.4) is 0 Å². The van der Waals surface area contributed by atoms with Gasteiger partial charge < -0.3 is 9.13 Å². The molecular formula is C47H30N4. The van der Waals surface area contributed by atoms with Gasteiger partial charge in [-0.25, -0.2) is 0 Å². The first-order chi connectivity index (χ1) is 25.1. The van der Waals surface area contributed by atoms with E-state index in [1.807, 2.05) is 55.5 Å². The lowest BCUT2D eigenvalue weighted by Gasteiger charge is -2.19. The first kappa shape index (κ1) is 30.0. The van der Waals surface area contributed by atoms with Crippen molar-refractivity contribution in [3.63, 3.8) is 0 Å². The van der Waals surface area contributed by atoms with E-state index in [9.17, 15) is 10.5 Å². The van der Waals surface area contributed by atoms with Crippen LogP contribution in [0, 0.1) is 22.7 Å². The van der Waals surface area contributed by atoms with Crippen LogP contribution in [0.5, 0.6) is 0 Å². The molecule has 4 nitrogen and oxygen atoms in total. The zero-order valence-corrected chi connectivity index (χ0v) is 27.9. The van der Waals surface area contributed by atoms with Gasteiger partial charge in [0.25, 0.3) is 0 Å². The summed E-state index contributed by atoms with van der Waals surface area (Å²) >= 11 is 0. The summed E-state index contributed by atoms with van der Waals surface area (Å²) in [4.78, 5) is 0. The molecule has 0 N–H and O–H groups in total. The van der Waals surface area contributed by atoms with E-state index >= 15 is 0 Å². The third-order valence-corrected chi connectivity index (χ3v) is 10.0. The second-order valence-electron chi connectivity index (χ2n) is 13.0. The molecular weight excluding hydrogens is 621 g/mol. The number of nitriles is 2. The number of rotatable bonds is 5. The number of hydrogen-bond donors (Lipinski definition) is 0. The Bertz CT molecular complexity index is 2960. The van der Waals surface area contributed by atoms with Gasteiger partial charge in [0.1, 0.15) is 0 Å². The molecule has 7 aromatic carbocycles. The van der Waals surface area contributed by atoms with Gasteiger partial charge in [-0.15, -0.1) is 0 Å². The van der Waals surface area contributed by atoms with Crippen LogP contribution >= 0.6 is 0 Å². The Morgan fingerprint density at radius 2 is 1.14 bits per heavy atom. The SMILES string of the molecule is C=C(C)c1ccc2c(c1)c1ccccc1n2-c1cccc(-c2ccccc2C#N)c1-c1ccc(-n2c3ccccc3c3cc(C#N)ccc32)cc1. The van der Waals surface area contributed by atoms with Crippen molar-refractivity contribution >= 4 is 49.2 Å². The fourth-order valence-corrected chi connectivity index (χ4v) is 7.67. The molecule has 0 radical (unpaired) electrons. The summed E-state index contributed by atoms with van der Waals surface area (Å²) in [7, 11) is 0. The fourth-order valence-electron chi connectivity index (χ4n) is 7.67. The number of aromatic nitrogens is 2. The highest BCUT2D eigenvalue weighted by Gasteiger charge is 2.21. The number of para-hydroxylation sites is 2. The normalized spacial score (nSPS) is 11.3. The Morgan fingerprint density at radius 1 is 0.529 bits per heavy atom. The first-order valence-corrected chi connectivity index (χ1v) is 16.9. The number of hydrogen-bond acceptors (Lipinski definition) is 2. The summed E-state index contributed by atoms with van der Waals surface area (Å²) in [6.45, 7) is 6.25. The van der Waals surface area contributed by atoms with Gasteiger partial charge in [0.15, 0.2) is 0 Å². The minimum atomic E-state index is 0.628. The van der Waals surface area contributed by atoms with E-state index in [2.05, 4.69) is 131 Å². The maximum atomic E-state index is 10.2. The van der Waals surface area contributed by atoms with Gasteiger partial charge in [-0.05, 0) is 90.3 Å². The largest absolute Gasteiger partial charge is 0.309 e. The molecule has 0 amide bonds. The topological polar surface area (TPSA) is 57.4 Å². The molecule has 2 heterocycles. The Kier molecular flexibility index (Phi) is 6.92. The van der Waals surface area contributed by atoms with Crippen LogP contribution in [0.1, 0.15) is 23.6 Å². The third kappa shape index (κ3) is 4.66. The average molecular weight is 651 g/mol. The summed E-state index contributed by atoms with van der Waals surface area (Å²) in [6, 6.07) is 57.0. The van der Waals surface area contributed by atoms with E-state index in [-0.39, 0.29) is 0 Å². The molecule has 0 aliphatic rings. The van der Waals surface area contributed by atoms with E-state index in [0.717, 1.165) is 77.6 Å². The number of nitrogens with zero attached hydrogens (tertiary/aromatic N) is 4. The monoisotopic (exact) mass is 650 g/mol. The maximum absolute atomic E-state index is 10.2. The molecule has 2 aromatic heterocycles. The van der Waals surface area contributed by atoms with Gasteiger partial charge in [-0.2, -0.15) is 10.5 Å². The van der Waals surface area contributed by atoms with Crippen LogP contribution in [0.2, 0.25) is 0 Å². The molecule has 0 aliphatic carbocycles. The van der Waals surface area contributed by atoms with E-state index in [0.29, 0.717) is 11.1 Å². The van der Waals surface area contributed by atoms with Crippen LogP contribution in [-0.4, -0.2) is 9.13 Å². The molecule has 4 heteroatoms. The second-order valence-corrected chi connectivity index (χ2v) is 13.0. The zero-order valence-electron chi connectivity index (χ0n) is 27.9. The highest BCUT2D eigenvalue weighted by atomic mass is 15.0. The lowest BCUT2D eigenvalue weighted by Crippen LogP contribution is -2.00. The minimum absolute atomic E-state index is 0.628. The van der Waals surface area contributed by atoms with Crippen molar-refractivity contribution in [2.24, 2.45) is 0 Å². The van der Waals surface area contributed by atoms with Gasteiger partial charge in [-0.3, -0.25) is 0 Å². The lowest BCUT2D eigenvalue weighted by molar-refractivity contribution is 1.17. The molecule has 0 saturated heterocycles. The number of benzene rings is 7.